The molecule has 0 heterocycles. The minimum absolute atomic E-state index is 0.0970. The van der Waals surface area contributed by atoms with Crippen LogP contribution in [0.2, 0.25) is 0 Å². The van der Waals surface area contributed by atoms with Crippen molar-refractivity contribution < 1.29 is 24.2 Å². The van der Waals surface area contributed by atoms with Gasteiger partial charge in [0.05, 0.1) is 12.7 Å². The molecule has 0 bridgehead atoms. The van der Waals surface area contributed by atoms with Crippen molar-refractivity contribution >= 4 is 12.1 Å². The number of hydrogen-bond acceptors (Lipinski definition) is 5. The summed E-state index contributed by atoms with van der Waals surface area (Å²) >= 11 is 0. The summed E-state index contributed by atoms with van der Waals surface area (Å²) in [5.74, 6) is -0.633. The van der Waals surface area contributed by atoms with Gasteiger partial charge in [0.25, 0.3) is 0 Å². The molecule has 2 atom stereocenters. The van der Waals surface area contributed by atoms with Gasteiger partial charge in [0, 0.05) is 0 Å². The van der Waals surface area contributed by atoms with Gasteiger partial charge >= 0.3 is 12.1 Å². The van der Waals surface area contributed by atoms with E-state index in [1.807, 2.05) is 30.3 Å². The van der Waals surface area contributed by atoms with Crippen molar-refractivity contribution in [3.05, 3.63) is 48.0 Å². The van der Waals surface area contributed by atoms with Crippen LogP contribution in [-0.2, 0) is 20.9 Å². The van der Waals surface area contributed by atoms with Crippen molar-refractivity contribution in [3.63, 3.8) is 0 Å². The van der Waals surface area contributed by atoms with Crippen molar-refractivity contribution in [1.82, 2.24) is 5.32 Å². The summed E-state index contributed by atoms with van der Waals surface area (Å²) in [7, 11) is 1.24. The van der Waals surface area contributed by atoms with Crippen molar-refractivity contribution in [1.29, 1.82) is 0 Å². The normalized spacial score (nSPS) is 14.3. The average molecular weight is 392 g/mol. The van der Waals surface area contributed by atoms with Crippen LogP contribution in [0.25, 0.3) is 0 Å². The molecule has 2 N–H and O–H groups in total. The molecule has 156 valence electrons. The summed E-state index contributed by atoms with van der Waals surface area (Å²) in [6.45, 7) is 3.94. The van der Waals surface area contributed by atoms with E-state index in [0.717, 1.165) is 24.8 Å². The second-order valence-corrected chi connectivity index (χ2v) is 7.09. The van der Waals surface area contributed by atoms with Crippen molar-refractivity contribution in [2.45, 2.75) is 70.6 Å². The molecule has 6 nitrogen and oxygen atoms in total. The maximum absolute atomic E-state index is 12.0. The van der Waals surface area contributed by atoms with E-state index >= 15 is 0 Å². The summed E-state index contributed by atoms with van der Waals surface area (Å²) in [5.41, 5.74) is -0.220. The number of amides is 1. The van der Waals surface area contributed by atoms with Crippen LogP contribution in [0.15, 0.2) is 42.5 Å². The highest BCUT2D eigenvalue weighted by Crippen LogP contribution is 2.17. The number of rotatable bonds is 12. The Balaban J connectivity index is 2.55. The topological polar surface area (TPSA) is 84.9 Å². The van der Waals surface area contributed by atoms with Crippen LogP contribution in [0.1, 0.15) is 57.9 Å². The molecule has 0 aromatic heterocycles. The molecule has 2 unspecified atom stereocenters. The zero-order valence-corrected chi connectivity index (χ0v) is 17.1. The van der Waals surface area contributed by atoms with Gasteiger partial charge in [-0.3, -0.25) is 0 Å². The van der Waals surface area contributed by atoms with Crippen LogP contribution >= 0.6 is 0 Å². The fraction of sp³-hybridized carbons (Fsp3) is 0.545. The van der Waals surface area contributed by atoms with Crippen LogP contribution in [0.4, 0.5) is 4.79 Å². The van der Waals surface area contributed by atoms with Crippen molar-refractivity contribution in [3.8, 4) is 0 Å². The smallest absolute Gasteiger partial charge is 0.408 e. The maximum Gasteiger partial charge on any atom is 0.408 e. The highest BCUT2D eigenvalue weighted by Gasteiger charge is 2.22. The first-order valence-corrected chi connectivity index (χ1v) is 9.84. The van der Waals surface area contributed by atoms with Crippen LogP contribution in [0, 0.1) is 0 Å². The Labute approximate surface area is 167 Å². The zero-order chi connectivity index (χ0) is 20.8. The summed E-state index contributed by atoms with van der Waals surface area (Å²) in [6, 6.07) is 8.21. The summed E-state index contributed by atoms with van der Waals surface area (Å²) in [4.78, 5) is 24.0. The van der Waals surface area contributed by atoms with Gasteiger partial charge in [0.2, 0.25) is 0 Å². The molecule has 0 fully saturated rings. The van der Waals surface area contributed by atoms with Crippen LogP contribution < -0.4 is 5.32 Å². The van der Waals surface area contributed by atoms with Gasteiger partial charge in [-0.2, -0.15) is 0 Å². The molecular weight excluding hydrogens is 358 g/mol. The van der Waals surface area contributed by atoms with E-state index in [9.17, 15) is 14.7 Å². The summed E-state index contributed by atoms with van der Waals surface area (Å²) in [5, 5.41) is 12.9. The van der Waals surface area contributed by atoms with Gasteiger partial charge in [0.15, 0.2) is 0 Å². The molecule has 6 heteroatoms. The number of alkyl carbamates (subject to hydrolysis) is 1. The number of unbranched alkanes of at least 4 members (excludes halogenated alkanes) is 4. The molecule has 0 aliphatic carbocycles. The molecule has 1 rings (SSSR count). The van der Waals surface area contributed by atoms with Crippen LogP contribution in [-0.4, -0.2) is 35.9 Å². The molecule has 1 aromatic rings. The molecule has 0 radical (unpaired) electrons. The minimum Gasteiger partial charge on any atom is -0.467 e. The molecule has 0 aliphatic heterocycles. The first-order chi connectivity index (χ1) is 13.4. The highest BCUT2D eigenvalue weighted by atomic mass is 16.6. The van der Waals surface area contributed by atoms with Gasteiger partial charge in [-0.05, 0) is 18.9 Å². The number of carbonyl (C=O) groups excluding carboxylic acids is 2. The quantitative estimate of drug-likeness (QED) is 0.318. The first-order valence-electron chi connectivity index (χ1n) is 9.84. The minimum atomic E-state index is -1.06. The van der Waals surface area contributed by atoms with E-state index < -0.39 is 23.7 Å². The molecule has 0 saturated heterocycles. The molecule has 0 spiro atoms. The second kappa shape index (κ2) is 12.9. The summed E-state index contributed by atoms with van der Waals surface area (Å²) in [6.07, 6.45) is 8.29. The maximum atomic E-state index is 12.0. The standard InChI is InChI=1S/C22H33NO5/c1-4-5-6-7-11-15-22(2,26)16-14-19(20(24)27-3)23-21(25)28-17-18-12-9-8-10-13-18/h8-10,12-14,16,19,26H,4-7,11,15,17H2,1-3H3,(H,23,25)/b16-14+. The van der Waals surface area contributed by atoms with Gasteiger partial charge in [-0.25, -0.2) is 9.59 Å². The average Bonchev–Trinajstić information content (AvgIpc) is 2.69. The lowest BCUT2D eigenvalue weighted by Crippen LogP contribution is -2.40. The Morgan fingerprint density at radius 1 is 1.18 bits per heavy atom. The number of nitrogens with one attached hydrogen (secondary N) is 1. The fourth-order valence-electron chi connectivity index (χ4n) is 2.68. The zero-order valence-electron chi connectivity index (χ0n) is 17.1. The van der Waals surface area contributed by atoms with Crippen LogP contribution in [0.3, 0.4) is 0 Å². The third-order valence-corrected chi connectivity index (χ3v) is 4.38. The fourth-order valence-corrected chi connectivity index (χ4v) is 2.68. The number of benzene rings is 1. The van der Waals surface area contributed by atoms with Gasteiger partial charge in [0.1, 0.15) is 12.6 Å². The van der Waals surface area contributed by atoms with E-state index in [1.54, 1.807) is 6.92 Å². The van der Waals surface area contributed by atoms with Gasteiger partial charge < -0.3 is 19.9 Å². The SMILES string of the molecule is CCCCCCCC(C)(O)/C=C/C(NC(=O)OCc1ccccc1)C(=O)OC. The molecule has 0 saturated carbocycles. The lowest BCUT2D eigenvalue weighted by molar-refractivity contribution is -0.141. The molecule has 0 aliphatic rings. The molecular formula is C22H33NO5. The Hall–Kier alpha value is -2.34. The predicted octanol–water partition coefficient (Wildman–Crippen LogP) is 4.12. The number of carbonyl (C=O) groups is 2. The molecule has 1 aromatic carbocycles. The van der Waals surface area contributed by atoms with Gasteiger partial charge in [-0.15, -0.1) is 0 Å². The van der Waals surface area contributed by atoms with Crippen molar-refractivity contribution in [2.75, 3.05) is 7.11 Å². The number of hydrogen-bond donors (Lipinski definition) is 2. The Morgan fingerprint density at radius 3 is 2.50 bits per heavy atom. The second-order valence-electron chi connectivity index (χ2n) is 7.09. The lowest BCUT2D eigenvalue weighted by atomic mass is 9.96. The third-order valence-electron chi connectivity index (χ3n) is 4.38. The lowest BCUT2D eigenvalue weighted by Gasteiger charge is -2.20. The number of esters is 1. The van der Waals surface area contributed by atoms with E-state index in [1.165, 1.54) is 32.1 Å². The third kappa shape index (κ3) is 10.1. The summed E-state index contributed by atoms with van der Waals surface area (Å²) < 4.78 is 9.86. The van der Waals surface area contributed by atoms with E-state index in [2.05, 4.69) is 12.2 Å². The predicted molar refractivity (Wildman–Crippen MR) is 109 cm³/mol. The Morgan fingerprint density at radius 2 is 1.86 bits per heavy atom. The van der Waals surface area contributed by atoms with Crippen molar-refractivity contribution in [2.24, 2.45) is 0 Å². The van der Waals surface area contributed by atoms with Gasteiger partial charge in [-0.1, -0.05) is 81.5 Å². The monoisotopic (exact) mass is 391 g/mol. The number of aliphatic hydroxyl groups is 1. The van der Waals surface area contributed by atoms with E-state index in [0.29, 0.717) is 6.42 Å². The van der Waals surface area contributed by atoms with E-state index in [-0.39, 0.29) is 6.61 Å². The van der Waals surface area contributed by atoms with Crippen LogP contribution in [0.5, 0.6) is 0 Å². The van der Waals surface area contributed by atoms with E-state index in [4.69, 9.17) is 9.47 Å². The first kappa shape index (κ1) is 23.7. The molecule has 28 heavy (non-hydrogen) atoms. The Kier molecular flexibility index (Phi) is 11.0. The number of ether oxygens (including phenoxy) is 2. The molecule has 1 amide bonds. The highest BCUT2D eigenvalue weighted by molar-refractivity contribution is 5.83. The Bertz CT molecular complexity index is 613. The number of methoxy groups -OCH3 is 1. The largest absolute Gasteiger partial charge is 0.467 e.